The lowest BCUT2D eigenvalue weighted by molar-refractivity contribution is -0.145. The monoisotopic (exact) mass is 281 g/mol. The number of aliphatic carboxylic acids is 1. The molecule has 0 fully saturated rings. The van der Waals surface area contributed by atoms with Gasteiger partial charge in [0.2, 0.25) is 5.90 Å². The first kappa shape index (κ1) is 13.4. The van der Waals surface area contributed by atoms with E-state index in [-0.39, 0.29) is 0 Å². The lowest BCUT2D eigenvalue weighted by Gasteiger charge is -2.23. The number of nitrogens with zero attached hydrogens (tertiary/aromatic N) is 1. The molecule has 0 unspecified atom stereocenters. The molecule has 0 radical (unpaired) electrons. The summed E-state index contributed by atoms with van der Waals surface area (Å²) in [4.78, 5) is 16.0. The molecule has 3 rings (SSSR count). The first-order valence-electron chi connectivity index (χ1n) is 6.71. The molecule has 106 valence electrons. The first-order valence-corrected chi connectivity index (χ1v) is 6.71. The van der Waals surface area contributed by atoms with Crippen LogP contribution < -0.4 is 0 Å². The normalized spacial score (nSPS) is 24.2. The number of hydrogen-bond acceptors (Lipinski definition) is 3. The van der Waals surface area contributed by atoms with E-state index in [0.29, 0.717) is 5.90 Å². The van der Waals surface area contributed by atoms with Crippen molar-refractivity contribution in [3.63, 3.8) is 0 Å². The topological polar surface area (TPSA) is 58.9 Å². The lowest BCUT2D eigenvalue weighted by Crippen LogP contribution is -2.37. The lowest BCUT2D eigenvalue weighted by atomic mass is 9.90. The summed E-state index contributed by atoms with van der Waals surface area (Å²) in [5.41, 5.74) is 0.257. The van der Waals surface area contributed by atoms with E-state index >= 15 is 0 Å². The molecular formula is C17H15NO3. The maximum Gasteiger partial charge on any atom is 0.335 e. The zero-order chi connectivity index (χ0) is 14.9. The highest BCUT2D eigenvalue weighted by atomic mass is 16.5. The third-order valence-electron chi connectivity index (χ3n) is 3.63. The van der Waals surface area contributed by atoms with Gasteiger partial charge in [0, 0.05) is 5.56 Å². The van der Waals surface area contributed by atoms with Gasteiger partial charge in [0.05, 0.1) is 0 Å². The van der Waals surface area contributed by atoms with E-state index in [1.165, 1.54) is 0 Å². The second kappa shape index (κ2) is 5.05. The van der Waals surface area contributed by atoms with Crippen LogP contribution in [0.15, 0.2) is 65.7 Å². The van der Waals surface area contributed by atoms with Gasteiger partial charge >= 0.3 is 5.97 Å². The molecule has 0 spiro atoms. The van der Waals surface area contributed by atoms with E-state index < -0.39 is 17.6 Å². The van der Waals surface area contributed by atoms with Crippen molar-refractivity contribution in [2.45, 2.75) is 18.6 Å². The van der Waals surface area contributed by atoms with Crippen molar-refractivity contribution in [3.8, 4) is 0 Å². The molecule has 0 bridgehead atoms. The number of ether oxygens (including phenoxy) is 1. The molecule has 4 nitrogen and oxygen atoms in total. The van der Waals surface area contributed by atoms with Crippen LogP contribution in [-0.2, 0) is 9.53 Å². The van der Waals surface area contributed by atoms with Crippen LogP contribution in [0.3, 0.4) is 0 Å². The maximum absolute atomic E-state index is 11.7. The highest BCUT2D eigenvalue weighted by molar-refractivity contribution is 5.99. The number of benzene rings is 2. The third kappa shape index (κ3) is 2.29. The number of rotatable bonds is 3. The Morgan fingerprint density at radius 1 is 1.10 bits per heavy atom. The molecule has 1 N–H and O–H groups in total. The fourth-order valence-electron chi connectivity index (χ4n) is 2.42. The Balaban J connectivity index is 2.03. The summed E-state index contributed by atoms with van der Waals surface area (Å²) in [6.07, 6.45) is -0.633. The molecule has 0 saturated carbocycles. The van der Waals surface area contributed by atoms with Gasteiger partial charge in [-0.15, -0.1) is 0 Å². The van der Waals surface area contributed by atoms with E-state index in [2.05, 4.69) is 4.99 Å². The number of carboxylic acids is 1. The van der Waals surface area contributed by atoms with E-state index in [1.54, 1.807) is 6.92 Å². The first-order chi connectivity index (χ1) is 10.1. The molecule has 2 aromatic rings. The van der Waals surface area contributed by atoms with Crippen molar-refractivity contribution in [1.29, 1.82) is 0 Å². The van der Waals surface area contributed by atoms with Crippen LogP contribution >= 0.6 is 0 Å². The minimum absolute atomic E-state index is 0.370. The van der Waals surface area contributed by atoms with Crippen molar-refractivity contribution in [3.05, 3.63) is 71.8 Å². The molecule has 0 amide bonds. The quantitative estimate of drug-likeness (QED) is 0.940. The number of carboxylic acid groups (broad SMARTS) is 1. The Hall–Kier alpha value is -2.62. The highest BCUT2D eigenvalue weighted by Gasteiger charge is 2.49. The van der Waals surface area contributed by atoms with Gasteiger partial charge in [-0.2, -0.15) is 0 Å². The van der Waals surface area contributed by atoms with Crippen molar-refractivity contribution in [2.24, 2.45) is 4.99 Å². The number of hydrogen-bond donors (Lipinski definition) is 1. The molecule has 1 aliphatic heterocycles. The summed E-state index contributed by atoms with van der Waals surface area (Å²) in [6.45, 7) is 1.59. The van der Waals surface area contributed by atoms with Crippen molar-refractivity contribution >= 4 is 11.9 Å². The number of carbonyl (C=O) groups is 1. The Labute approximate surface area is 122 Å². The smallest absolute Gasteiger partial charge is 0.335 e. The van der Waals surface area contributed by atoms with Crippen LogP contribution in [0, 0.1) is 0 Å². The van der Waals surface area contributed by atoms with Gasteiger partial charge in [0.25, 0.3) is 0 Å². The van der Waals surface area contributed by atoms with Gasteiger partial charge < -0.3 is 9.84 Å². The molecule has 0 aromatic heterocycles. The van der Waals surface area contributed by atoms with Gasteiger partial charge in [-0.1, -0.05) is 48.5 Å². The summed E-state index contributed by atoms with van der Waals surface area (Å²) in [6, 6.07) is 18.7. The van der Waals surface area contributed by atoms with E-state index in [0.717, 1.165) is 11.1 Å². The highest BCUT2D eigenvalue weighted by Crippen LogP contribution is 2.39. The Kier molecular flexibility index (Phi) is 3.22. The van der Waals surface area contributed by atoms with E-state index in [4.69, 9.17) is 4.74 Å². The van der Waals surface area contributed by atoms with Gasteiger partial charge in [0.15, 0.2) is 11.6 Å². The van der Waals surface area contributed by atoms with E-state index in [1.807, 2.05) is 60.7 Å². The van der Waals surface area contributed by atoms with Crippen molar-refractivity contribution in [2.75, 3.05) is 0 Å². The van der Waals surface area contributed by atoms with Gasteiger partial charge in [-0.05, 0) is 24.6 Å². The zero-order valence-corrected chi connectivity index (χ0v) is 11.6. The fraction of sp³-hybridized carbons (Fsp3) is 0.176. The van der Waals surface area contributed by atoms with Crippen LogP contribution in [0.5, 0.6) is 0 Å². The third-order valence-corrected chi connectivity index (χ3v) is 3.63. The summed E-state index contributed by atoms with van der Waals surface area (Å²) >= 11 is 0. The molecule has 2 aromatic carbocycles. The number of aliphatic imine (C=N–C) groups is 1. The average molecular weight is 281 g/mol. The standard InChI is InChI=1S/C17H15NO3/c1-17(16(19)20)14(12-8-4-2-5-9-12)21-15(18-17)13-10-6-3-7-11-13/h2-11,14H,1H3,(H,19,20)/t14-,17+/m1/s1. The Bertz CT molecular complexity index is 682. The average Bonchev–Trinajstić information content (AvgIpc) is 2.88. The summed E-state index contributed by atoms with van der Waals surface area (Å²) in [7, 11) is 0. The molecule has 21 heavy (non-hydrogen) atoms. The summed E-state index contributed by atoms with van der Waals surface area (Å²) in [5.74, 6) is -0.628. The van der Waals surface area contributed by atoms with Crippen LogP contribution in [-0.4, -0.2) is 22.5 Å². The van der Waals surface area contributed by atoms with E-state index in [9.17, 15) is 9.90 Å². The van der Waals surface area contributed by atoms with Crippen LogP contribution in [0.2, 0.25) is 0 Å². The van der Waals surface area contributed by atoms with Crippen molar-refractivity contribution in [1.82, 2.24) is 0 Å². The van der Waals surface area contributed by atoms with Crippen LogP contribution in [0.1, 0.15) is 24.2 Å². The Morgan fingerprint density at radius 2 is 1.67 bits per heavy atom. The SMILES string of the molecule is C[C@]1(C(=O)O)N=C(c2ccccc2)O[C@@H]1c1ccccc1. The minimum Gasteiger partial charge on any atom is -0.479 e. The molecule has 2 atom stereocenters. The zero-order valence-electron chi connectivity index (χ0n) is 11.6. The molecule has 4 heteroatoms. The van der Waals surface area contributed by atoms with Crippen molar-refractivity contribution < 1.29 is 14.6 Å². The maximum atomic E-state index is 11.7. The van der Waals surface area contributed by atoms with Crippen LogP contribution in [0.25, 0.3) is 0 Å². The molecular weight excluding hydrogens is 266 g/mol. The Morgan fingerprint density at radius 3 is 2.24 bits per heavy atom. The predicted octanol–water partition coefficient (Wildman–Crippen LogP) is 3.05. The molecule has 1 aliphatic rings. The largest absolute Gasteiger partial charge is 0.479 e. The fourth-order valence-corrected chi connectivity index (χ4v) is 2.42. The molecule has 0 saturated heterocycles. The van der Waals surface area contributed by atoms with Gasteiger partial charge in [-0.25, -0.2) is 9.79 Å². The predicted molar refractivity (Wildman–Crippen MR) is 79.3 cm³/mol. The second-order valence-corrected chi connectivity index (χ2v) is 5.14. The molecule has 0 aliphatic carbocycles. The van der Waals surface area contributed by atoms with Gasteiger partial charge in [-0.3, -0.25) is 0 Å². The second-order valence-electron chi connectivity index (χ2n) is 5.14. The molecule has 1 heterocycles. The summed E-state index contributed by atoms with van der Waals surface area (Å²) < 4.78 is 5.88. The van der Waals surface area contributed by atoms with Gasteiger partial charge in [0.1, 0.15) is 0 Å². The van der Waals surface area contributed by atoms with Crippen LogP contribution in [0.4, 0.5) is 0 Å². The summed E-state index contributed by atoms with van der Waals surface area (Å²) in [5, 5.41) is 9.58. The minimum atomic E-state index is -1.33.